The van der Waals surface area contributed by atoms with Crippen molar-refractivity contribution in [2.75, 3.05) is 0 Å². The predicted molar refractivity (Wildman–Crippen MR) is 50.1 cm³/mol. The van der Waals surface area contributed by atoms with Crippen molar-refractivity contribution in [1.29, 1.82) is 0 Å². The van der Waals surface area contributed by atoms with Gasteiger partial charge in [-0.15, -0.1) is 0 Å². The molecule has 8 heteroatoms. The van der Waals surface area contributed by atoms with Crippen LogP contribution >= 0.6 is 0 Å². The standard InChI is InChI=1S/C10H6N4O4/c15-5-1-6(16)12-4-14-8(18)2-7(17)13-3-11(5)9(12)10(13)14/h1-2H,3-4H2/p+4. The molecule has 4 rings (SSSR count). The van der Waals surface area contributed by atoms with Crippen LogP contribution in [0.5, 0.6) is 23.5 Å². The highest BCUT2D eigenvalue weighted by molar-refractivity contribution is 5.31. The molecule has 0 atom stereocenters. The van der Waals surface area contributed by atoms with Crippen LogP contribution < -0.4 is 18.3 Å². The average Bonchev–Trinajstić information content (AvgIpc) is 2.84. The lowest BCUT2D eigenvalue weighted by molar-refractivity contribution is -0.971. The lowest BCUT2D eigenvalue weighted by Crippen LogP contribution is -2.57. The van der Waals surface area contributed by atoms with Gasteiger partial charge in [0.15, 0.2) is 12.1 Å². The molecule has 0 saturated heterocycles. The third-order valence-electron chi connectivity index (χ3n) is 3.41. The van der Waals surface area contributed by atoms with Gasteiger partial charge in [-0.1, -0.05) is 0 Å². The van der Waals surface area contributed by atoms with Crippen LogP contribution in [0.2, 0.25) is 0 Å². The van der Waals surface area contributed by atoms with E-state index in [2.05, 4.69) is 0 Å². The van der Waals surface area contributed by atoms with Crippen molar-refractivity contribution in [3.05, 3.63) is 12.1 Å². The van der Waals surface area contributed by atoms with Gasteiger partial charge in [-0.3, -0.25) is 0 Å². The number of hydrogen-bond acceptors (Lipinski definition) is 4. The summed E-state index contributed by atoms with van der Waals surface area (Å²) in [6.45, 7) is 0.450. The first-order chi connectivity index (χ1) is 8.58. The molecular formula is C10H10N4O4+4. The largest absolute Gasteiger partial charge is 0.607 e. The molecule has 0 spiro atoms. The normalized spacial score (nSPS) is 14.0. The maximum Gasteiger partial charge on any atom is 0.607 e. The first kappa shape index (κ1) is 9.40. The SMILES string of the molecule is Oc1cc(O)[n+]2c3[n+]1C[n+]1c(O)cc(O)[n+](c1-3)C2. The lowest BCUT2D eigenvalue weighted by Gasteiger charge is -1.93. The Kier molecular flexibility index (Phi) is 1.36. The zero-order valence-electron chi connectivity index (χ0n) is 9.15. The molecule has 0 aromatic carbocycles. The second-order valence-electron chi connectivity index (χ2n) is 4.36. The van der Waals surface area contributed by atoms with Crippen molar-refractivity contribution < 1.29 is 38.7 Å². The fraction of sp³-hybridized carbons (Fsp3) is 0.200. The summed E-state index contributed by atoms with van der Waals surface area (Å²) in [4.78, 5) is 0. The van der Waals surface area contributed by atoms with E-state index in [0.717, 1.165) is 0 Å². The summed E-state index contributed by atoms with van der Waals surface area (Å²) >= 11 is 0. The van der Waals surface area contributed by atoms with Crippen molar-refractivity contribution in [2.24, 2.45) is 0 Å². The van der Waals surface area contributed by atoms with Crippen LogP contribution in [0.15, 0.2) is 12.1 Å². The Labute approximate surface area is 100 Å². The molecule has 0 aliphatic carbocycles. The number of hydrogen-bond donors (Lipinski definition) is 4. The van der Waals surface area contributed by atoms with E-state index >= 15 is 0 Å². The topological polar surface area (TPSA) is 96.4 Å². The van der Waals surface area contributed by atoms with E-state index in [1.54, 1.807) is 0 Å². The number of nitrogens with zero attached hydrogens (tertiary/aromatic N) is 4. The van der Waals surface area contributed by atoms with Gasteiger partial charge >= 0.3 is 48.5 Å². The molecule has 4 N–H and O–H groups in total. The molecular weight excluding hydrogens is 240 g/mol. The summed E-state index contributed by atoms with van der Waals surface area (Å²) in [5.74, 6) is 0.673. The third-order valence-corrected chi connectivity index (χ3v) is 3.41. The van der Waals surface area contributed by atoms with E-state index in [9.17, 15) is 20.4 Å². The van der Waals surface area contributed by atoms with Crippen molar-refractivity contribution in [3.8, 4) is 35.2 Å². The van der Waals surface area contributed by atoms with Gasteiger partial charge in [0.05, 0.1) is 0 Å². The molecule has 0 bridgehead atoms. The maximum atomic E-state index is 9.82. The minimum absolute atomic E-state index is 0.102. The minimum Gasteiger partial charge on any atom is -0.459 e. The molecule has 0 amide bonds. The van der Waals surface area contributed by atoms with Gasteiger partial charge in [0.1, 0.15) is 0 Å². The molecule has 0 saturated carbocycles. The highest BCUT2D eigenvalue weighted by Gasteiger charge is 2.64. The monoisotopic (exact) mass is 250 g/mol. The van der Waals surface area contributed by atoms with Gasteiger partial charge in [-0.2, -0.15) is 0 Å². The molecule has 0 radical (unpaired) electrons. The van der Waals surface area contributed by atoms with Crippen LogP contribution in [0.4, 0.5) is 0 Å². The highest BCUT2D eigenvalue weighted by Crippen LogP contribution is 2.23. The molecule has 4 heterocycles. The molecule has 0 unspecified atom stereocenters. The van der Waals surface area contributed by atoms with Crippen LogP contribution in [-0.4, -0.2) is 20.4 Å². The number of aromatic nitrogens is 4. The first-order valence-electron chi connectivity index (χ1n) is 5.35. The van der Waals surface area contributed by atoms with Crippen LogP contribution in [0.25, 0.3) is 11.6 Å². The van der Waals surface area contributed by atoms with E-state index in [1.165, 1.54) is 30.4 Å². The molecule has 0 fully saturated rings. The molecule has 2 aromatic rings. The van der Waals surface area contributed by atoms with Gasteiger partial charge in [-0.05, 0) is 18.3 Å². The van der Waals surface area contributed by atoms with E-state index in [4.69, 9.17) is 0 Å². The predicted octanol–water partition coefficient (Wildman–Crippen LogP) is -3.04. The number of rotatable bonds is 0. The van der Waals surface area contributed by atoms with Crippen molar-refractivity contribution >= 4 is 0 Å². The molecule has 2 aliphatic heterocycles. The smallest absolute Gasteiger partial charge is 0.459 e. The minimum atomic E-state index is -0.102. The Bertz CT molecular complexity index is 628. The van der Waals surface area contributed by atoms with Gasteiger partial charge in [0.2, 0.25) is 0 Å². The summed E-state index contributed by atoms with van der Waals surface area (Å²) in [7, 11) is 0. The van der Waals surface area contributed by atoms with Crippen LogP contribution in [0, 0.1) is 0 Å². The van der Waals surface area contributed by atoms with Crippen LogP contribution in [0.1, 0.15) is 0 Å². The molecule has 90 valence electrons. The molecule has 8 nitrogen and oxygen atoms in total. The van der Waals surface area contributed by atoms with E-state index in [-0.39, 0.29) is 36.9 Å². The Hall–Kier alpha value is -2.64. The van der Waals surface area contributed by atoms with Crippen LogP contribution in [-0.2, 0) is 13.3 Å². The van der Waals surface area contributed by atoms with Crippen molar-refractivity contribution in [1.82, 2.24) is 0 Å². The third kappa shape index (κ3) is 0.838. The second-order valence-corrected chi connectivity index (χ2v) is 4.36. The number of aromatic hydroxyl groups is 4. The zero-order chi connectivity index (χ0) is 12.6. The Morgan fingerprint density at radius 3 is 1.17 bits per heavy atom. The van der Waals surface area contributed by atoms with Crippen molar-refractivity contribution in [3.63, 3.8) is 0 Å². The quantitative estimate of drug-likeness (QED) is 0.250. The average molecular weight is 250 g/mol. The zero-order valence-corrected chi connectivity index (χ0v) is 9.15. The van der Waals surface area contributed by atoms with Gasteiger partial charge in [0, 0.05) is 0 Å². The summed E-state index contributed by atoms with van der Waals surface area (Å²) in [6, 6.07) is 2.46. The fourth-order valence-corrected chi connectivity index (χ4v) is 2.59. The highest BCUT2D eigenvalue weighted by atomic mass is 16.3. The first-order valence-corrected chi connectivity index (χ1v) is 5.35. The Morgan fingerprint density at radius 1 is 0.611 bits per heavy atom. The second kappa shape index (κ2) is 2.61. The Morgan fingerprint density at radius 2 is 0.889 bits per heavy atom. The Balaban J connectivity index is 2.20. The van der Waals surface area contributed by atoms with E-state index in [0.29, 0.717) is 11.6 Å². The van der Waals surface area contributed by atoms with Crippen LogP contribution in [0.3, 0.4) is 0 Å². The molecule has 2 aliphatic rings. The molecule has 2 aromatic heterocycles. The summed E-state index contributed by atoms with van der Waals surface area (Å²) in [5, 5.41) is 39.3. The van der Waals surface area contributed by atoms with E-state index < -0.39 is 0 Å². The fourth-order valence-electron chi connectivity index (χ4n) is 2.59. The summed E-state index contributed by atoms with van der Waals surface area (Å²) in [5.41, 5.74) is 0. The molecule has 18 heavy (non-hydrogen) atoms. The van der Waals surface area contributed by atoms with Gasteiger partial charge in [0.25, 0.3) is 0 Å². The maximum absolute atomic E-state index is 9.82. The van der Waals surface area contributed by atoms with Gasteiger partial charge in [-0.25, -0.2) is 0 Å². The summed E-state index contributed by atoms with van der Waals surface area (Å²) < 4.78 is 6.16. The van der Waals surface area contributed by atoms with Gasteiger partial charge < -0.3 is 20.4 Å². The van der Waals surface area contributed by atoms with E-state index in [1.807, 2.05) is 0 Å². The van der Waals surface area contributed by atoms with Crippen molar-refractivity contribution in [2.45, 2.75) is 13.3 Å². The summed E-state index contributed by atoms with van der Waals surface area (Å²) in [6.07, 6.45) is 0. The lowest BCUT2D eigenvalue weighted by atomic mass is 10.4.